The Morgan fingerprint density at radius 3 is 3.00 bits per heavy atom. The van der Waals surface area contributed by atoms with Crippen molar-refractivity contribution in [3.05, 3.63) is 28.8 Å². The molecule has 0 spiro atoms. The van der Waals surface area contributed by atoms with Crippen LogP contribution in [0.2, 0.25) is 5.02 Å². The maximum atomic E-state index is 9.33. The first kappa shape index (κ1) is 12.8. The lowest BCUT2D eigenvalue weighted by atomic mass is 9.89. The zero-order valence-corrected chi connectivity index (χ0v) is 11.6. The van der Waals surface area contributed by atoms with Gasteiger partial charge in [0.2, 0.25) is 0 Å². The van der Waals surface area contributed by atoms with Gasteiger partial charge in [0.25, 0.3) is 0 Å². The molecule has 2 atom stereocenters. The van der Waals surface area contributed by atoms with E-state index < -0.39 is 0 Å². The van der Waals surface area contributed by atoms with Crippen molar-refractivity contribution in [3.8, 4) is 6.07 Å². The van der Waals surface area contributed by atoms with Crippen molar-refractivity contribution >= 4 is 17.3 Å². The first-order chi connectivity index (χ1) is 9.31. The van der Waals surface area contributed by atoms with Crippen LogP contribution in [-0.4, -0.2) is 25.3 Å². The lowest BCUT2D eigenvalue weighted by Crippen LogP contribution is -2.53. The maximum Gasteiger partial charge on any atom is 0.103 e. The molecule has 0 aromatic heterocycles. The summed E-state index contributed by atoms with van der Waals surface area (Å²) >= 11 is 6.14. The molecule has 1 aromatic carbocycles. The SMILES string of the molecule is N#Cc1c(Cl)cccc1N1CCOC2CCCCC21. The average Bonchev–Trinajstić information content (AvgIpc) is 2.46. The van der Waals surface area contributed by atoms with Gasteiger partial charge in [-0.25, -0.2) is 0 Å². The number of rotatable bonds is 1. The first-order valence-electron chi connectivity index (χ1n) is 6.88. The fraction of sp³-hybridized carbons (Fsp3) is 0.533. The van der Waals surface area contributed by atoms with Gasteiger partial charge in [0.15, 0.2) is 0 Å². The molecule has 100 valence electrons. The van der Waals surface area contributed by atoms with E-state index in [-0.39, 0.29) is 0 Å². The second-order valence-electron chi connectivity index (χ2n) is 5.20. The number of hydrogen-bond acceptors (Lipinski definition) is 3. The molecule has 1 saturated heterocycles. The molecule has 3 rings (SSSR count). The second kappa shape index (κ2) is 5.40. The quantitative estimate of drug-likeness (QED) is 0.789. The minimum absolute atomic E-state index is 0.313. The molecular weight excluding hydrogens is 260 g/mol. The van der Waals surface area contributed by atoms with Gasteiger partial charge in [-0.2, -0.15) is 5.26 Å². The Morgan fingerprint density at radius 2 is 2.16 bits per heavy atom. The third-order valence-electron chi connectivity index (χ3n) is 4.14. The fourth-order valence-electron chi connectivity index (χ4n) is 3.26. The first-order valence-corrected chi connectivity index (χ1v) is 7.26. The van der Waals surface area contributed by atoms with Crippen LogP contribution in [0.1, 0.15) is 31.2 Å². The van der Waals surface area contributed by atoms with E-state index in [4.69, 9.17) is 16.3 Å². The van der Waals surface area contributed by atoms with E-state index in [1.807, 2.05) is 12.1 Å². The molecule has 0 amide bonds. The zero-order chi connectivity index (χ0) is 13.2. The molecule has 3 nitrogen and oxygen atoms in total. The van der Waals surface area contributed by atoms with Gasteiger partial charge in [-0.3, -0.25) is 0 Å². The Bertz CT molecular complexity index is 509. The average molecular weight is 277 g/mol. The number of ether oxygens (including phenoxy) is 1. The molecule has 0 radical (unpaired) electrons. The van der Waals surface area contributed by atoms with Crippen LogP contribution in [0.3, 0.4) is 0 Å². The Labute approximate surface area is 118 Å². The summed E-state index contributed by atoms with van der Waals surface area (Å²) in [6, 6.07) is 8.34. The monoisotopic (exact) mass is 276 g/mol. The summed E-state index contributed by atoms with van der Waals surface area (Å²) in [7, 11) is 0. The van der Waals surface area contributed by atoms with E-state index in [1.54, 1.807) is 6.07 Å². The van der Waals surface area contributed by atoms with Crippen molar-refractivity contribution in [3.63, 3.8) is 0 Å². The Balaban J connectivity index is 1.96. The molecular formula is C15H17ClN2O. The van der Waals surface area contributed by atoms with Gasteiger partial charge in [-0.15, -0.1) is 0 Å². The van der Waals surface area contributed by atoms with Crippen molar-refractivity contribution in [2.75, 3.05) is 18.1 Å². The summed E-state index contributed by atoms with van der Waals surface area (Å²) in [6.07, 6.45) is 5.07. The summed E-state index contributed by atoms with van der Waals surface area (Å²) in [5.74, 6) is 0. The molecule has 1 heterocycles. The number of nitrogens with zero attached hydrogens (tertiary/aromatic N) is 2. The Kier molecular flexibility index (Phi) is 3.63. The number of halogens is 1. The maximum absolute atomic E-state index is 9.33. The van der Waals surface area contributed by atoms with Crippen molar-refractivity contribution in [2.45, 2.75) is 37.8 Å². The molecule has 0 bridgehead atoms. The van der Waals surface area contributed by atoms with Gasteiger partial charge in [0, 0.05) is 6.54 Å². The van der Waals surface area contributed by atoms with Gasteiger partial charge >= 0.3 is 0 Å². The highest BCUT2D eigenvalue weighted by atomic mass is 35.5. The summed E-state index contributed by atoms with van der Waals surface area (Å²) in [6.45, 7) is 1.58. The largest absolute Gasteiger partial charge is 0.374 e. The number of benzene rings is 1. The van der Waals surface area contributed by atoms with E-state index in [0.29, 0.717) is 22.7 Å². The Morgan fingerprint density at radius 1 is 1.32 bits per heavy atom. The lowest BCUT2D eigenvalue weighted by molar-refractivity contribution is -0.00869. The van der Waals surface area contributed by atoms with Crippen LogP contribution in [0.15, 0.2) is 18.2 Å². The van der Waals surface area contributed by atoms with Gasteiger partial charge in [-0.1, -0.05) is 30.5 Å². The predicted molar refractivity (Wildman–Crippen MR) is 75.5 cm³/mol. The normalized spacial score (nSPS) is 26.6. The van der Waals surface area contributed by atoms with Crippen molar-refractivity contribution in [1.29, 1.82) is 5.26 Å². The molecule has 1 aromatic rings. The van der Waals surface area contributed by atoms with Crippen LogP contribution in [0.4, 0.5) is 5.69 Å². The number of hydrogen-bond donors (Lipinski definition) is 0. The van der Waals surface area contributed by atoms with Gasteiger partial charge in [0.1, 0.15) is 6.07 Å². The van der Waals surface area contributed by atoms with Crippen molar-refractivity contribution in [2.24, 2.45) is 0 Å². The predicted octanol–water partition coefficient (Wildman–Crippen LogP) is 3.36. The lowest BCUT2D eigenvalue weighted by Gasteiger charge is -2.45. The van der Waals surface area contributed by atoms with E-state index in [2.05, 4.69) is 11.0 Å². The topological polar surface area (TPSA) is 36.3 Å². The van der Waals surface area contributed by atoms with E-state index >= 15 is 0 Å². The highest BCUT2D eigenvalue weighted by Gasteiger charge is 2.35. The molecule has 19 heavy (non-hydrogen) atoms. The van der Waals surface area contributed by atoms with Crippen LogP contribution in [-0.2, 0) is 4.74 Å². The van der Waals surface area contributed by atoms with Crippen LogP contribution in [0.25, 0.3) is 0 Å². The van der Waals surface area contributed by atoms with E-state index in [1.165, 1.54) is 12.8 Å². The third-order valence-corrected chi connectivity index (χ3v) is 4.46. The standard InChI is InChI=1S/C15H17ClN2O/c16-12-4-3-6-13(11(12)10-17)18-8-9-19-15-7-2-1-5-14(15)18/h3-4,6,14-15H,1-2,5,7-9H2. The van der Waals surface area contributed by atoms with Crippen LogP contribution >= 0.6 is 11.6 Å². The smallest absolute Gasteiger partial charge is 0.103 e. The van der Waals surface area contributed by atoms with Gasteiger partial charge < -0.3 is 9.64 Å². The fourth-order valence-corrected chi connectivity index (χ4v) is 3.47. The van der Waals surface area contributed by atoms with Crippen LogP contribution in [0.5, 0.6) is 0 Å². The molecule has 2 aliphatic rings. The van der Waals surface area contributed by atoms with E-state index in [9.17, 15) is 5.26 Å². The molecule has 1 aliphatic carbocycles. The van der Waals surface area contributed by atoms with Gasteiger partial charge in [-0.05, 0) is 25.0 Å². The van der Waals surface area contributed by atoms with Crippen molar-refractivity contribution < 1.29 is 4.74 Å². The molecule has 2 unspecified atom stereocenters. The summed E-state index contributed by atoms with van der Waals surface area (Å²) in [4.78, 5) is 2.33. The minimum Gasteiger partial charge on any atom is -0.374 e. The van der Waals surface area contributed by atoms with Crippen LogP contribution < -0.4 is 4.90 Å². The number of anilines is 1. The second-order valence-corrected chi connectivity index (χ2v) is 5.61. The molecule has 1 saturated carbocycles. The number of fused-ring (bicyclic) bond motifs is 1. The third kappa shape index (κ3) is 2.31. The minimum atomic E-state index is 0.313. The molecule has 1 aliphatic heterocycles. The molecule has 4 heteroatoms. The molecule has 0 N–H and O–H groups in total. The van der Waals surface area contributed by atoms with Gasteiger partial charge in [0.05, 0.1) is 35.0 Å². The highest BCUT2D eigenvalue weighted by molar-refractivity contribution is 6.32. The highest BCUT2D eigenvalue weighted by Crippen LogP contribution is 2.35. The Hall–Kier alpha value is -1.24. The zero-order valence-electron chi connectivity index (χ0n) is 10.8. The summed E-state index contributed by atoms with van der Waals surface area (Å²) in [5.41, 5.74) is 1.56. The molecule has 2 fully saturated rings. The van der Waals surface area contributed by atoms with Crippen LogP contribution in [0, 0.1) is 11.3 Å². The summed E-state index contributed by atoms with van der Waals surface area (Å²) < 4.78 is 5.88. The number of morpholine rings is 1. The van der Waals surface area contributed by atoms with E-state index in [0.717, 1.165) is 31.7 Å². The number of nitriles is 1. The summed E-state index contributed by atoms with van der Waals surface area (Å²) in [5, 5.41) is 9.87. The van der Waals surface area contributed by atoms with Crippen molar-refractivity contribution in [1.82, 2.24) is 0 Å².